The average Bonchev–Trinajstić information content (AvgIpc) is 2.97. The summed E-state index contributed by atoms with van der Waals surface area (Å²) in [5.74, 6) is -0.923. The van der Waals surface area contributed by atoms with Gasteiger partial charge < -0.3 is 9.90 Å². The van der Waals surface area contributed by atoms with Crippen LogP contribution in [-0.4, -0.2) is 36.4 Å². The highest BCUT2D eigenvalue weighted by Gasteiger charge is 2.36. The number of fused-ring (bicyclic) bond motifs is 1. The van der Waals surface area contributed by atoms with Gasteiger partial charge in [-0.25, -0.2) is 8.42 Å². The lowest BCUT2D eigenvalue weighted by Gasteiger charge is -2.23. The Morgan fingerprint density at radius 3 is 2.62 bits per heavy atom. The molecule has 1 aliphatic rings. The van der Waals surface area contributed by atoms with Crippen LogP contribution in [0.3, 0.4) is 0 Å². The minimum atomic E-state index is -3.83. The predicted octanol–water partition coefficient (Wildman–Crippen LogP) is 0.653. The molecule has 1 unspecified atom stereocenters. The summed E-state index contributed by atoms with van der Waals surface area (Å²) in [6.07, 6.45) is 0. The summed E-state index contributed by atoms with van der Waals surface area (Å²) in [5.41, 5.74) is 0. The van der Waals surface area contributed by atoms with Crippen molar-refractivity contribution in [3.05, 3.63) is 42.5 Å². The summed E-state index contributed by atoms with van der Waals surface area (Å²) in [5, 5.41) is 11.6. The van der Waals surface area contributed by atoms with Gasteiger partial charge in [-0.05, 0) is 22.9 Å². The molecule has 0 radical (unpaired) electrons. The lowest BCUT2D eigenvalue weighted by Crippen LogP contribution is -2.45. The van der Waals surface area contributed by atoms with Crippen molar-refractivity contribution in [2.45, 2.75) is 10.3 Å². The number of rotatable bonds is 3. The van der Waals surface area contributed by atoms with E-state index in [9.17, 15) is 18.3 Å². The van der Waals surface area contributed by atoms with Gasteiger partial charge in [0.2, 0.25) is 10.0 Å². The van der Waals surface area contributed by atoms with Crippen molar-refractivity contribution in [2.75, 3.05) is 12.3 Å². The fourth-order valence-corrected chi connectivity index (χ4v) is 5.38. The van der Waals surface area contributed by atoms with E-state index in [0.717, 1.165) is 26.8 Å². The van der Waals surface area contributed by atoms with E-state index in [-0.39, 0.29) is 11.4 Å². The first kappa shape index (κ1) is 14.4. The van der Waals surface area contributed by atoms with Gasteiger partial charge in [-0.2, -0.15) is 4.31 Å². The molecule has 0 saturated carbocycles. The topological polar surface area (TPSA) is 77.5 Å². The smallest absolute Gasteiger partial charge is 0.244 e. The molecule has 1 heterocycles. The quantitative estimate of drug-likeness (QED) is 0.829. The Kier molecular flexibility index (Phi) is 3.64. The third kappa shape index (κ3) is 2.52. The Labute approximate surface area is 126 Å². The summed E-state index contributed by atoms with van der Waals surface area (Å²) in [7, 11) is -3.83. The number of sulfonamides is 1. The molecule has 5 nitrogen and oxygen atoms in total. The molecule has 1 fully saturated rings. The van der Waals surface area contributed by atoms with Gasteiger partial charge in [0.25, 0.3) is 0 Å². The minimum absolute atomic E-state index is 0.106. The van der Waals surface area contributed by atoms with E-state index in [2.05, 4.69) is 0 Å². The summed E-state index contributed by atoms with van der Waals surface area (Å²) in [6, 6.07) is 12.2. The van der Waals surface area contributed by atoms with Crippen molar-refractivity contribution >= 4 is 38.5 Å². The molecule has 7 heteroatoms. The molecule has 1 atom stereocenters. The number of hydrogen-bond donors (Lipinski definition) is 0. The van der Waals surface area contributed by atoms with Gasteiger partial charge in [-0.3, -0.25) is 0 Å². The van der Waals surface area contributed by atoms with Gasteiger partial charge in [0, 0.05) is 12.3 Å². The molecule has 0 N–H and O–H groups in total. The molecule has 2 aromatic rings. The Hall–Kier alpha value is -1.57. The van der Waals surface area contributed by atoms with E-state index in [0.29, 0.717) is 5.75 Å². The van der Waals surface area contributed by atoms with E-state index in [1.54, 1.807) is 12.1 Å². The highest BCUT2D eigenvalue weighted by Crippen LogP contribution is 2.30. The van der Waals surface area contributed by atoms with E-state index < -0.39 is 21.4 Å². The molecule has 0 bridgehead atoms. The first-order valence-corrected chi connectivity index (χ1v) is 8.82. The average molecular weight is 322 g/mol. The largest absolute Gasteiger partial charge is 0.547 e. The number of hydrogen-bond acceptors (Lipinski definition) is 5. The van der Waals surface area contributed by atoms with Crippen LogP contribution in [-0.2, 0) is 14.8 Å². The van der Waals surface area contributed by atoms with Crippen LogP contribution in [0.15, 0.2) is 47.4 Å². The molecule has 0 aliphatic carbocycles. The van der Waals surface area contributed by atoms with Crippen LogP contribution in [0, 0.1) is 0 Å². The molecule has 1 saturated heterocycles. The summed E-state index contributed by atoms with van der Waals surface area (Å²) >= 11 is 1.07. The van der Waals surface area contributed by atoms with Crippen LogP contribution in [0.2, 0.25) is 0 Å². The van der Waals surface area contributed by atoms with Crippen LogP contribution >= 0.6 is 11.8 Å². The number of carboxylic acids is 1. The second-order valence-electron chi connectivity index (χ2n) is 4.67. The minimum Gasteiger partial charge on any atom is -0.547 e. The lowest BCUT2D eigenvalue weighted by molar-refractivity contribution is -0.306. The van der Waals surface area contributed by atoms with Crippen molar-refractivity contribution in [2.24, 2.45) is 0 Å². The molecule has 0 aromatic heterocycles. The lowest BCUT2D eigenvalue weighted by atomic mass is 10.1. The number of aliphatic carboxylic acids is 1. The normalized spacial score (nSPS) is 19.9. The molecule has 3 rings (SSSR count). The van der Waals surface area contributed by atoms with Crippen LogP contribution < -0.4 is 5.11 Å². The second-order valence-corrected chi connectivity index (χ2v) is 7.75. The van der Waals surface area contributed by atoms with Crippen molar-refractivity contribution in [3.63, 3.8) is 0 Å². The van der Waals surface area contributed by atoms with Crippen LogP contribution in [0.25, 0.3) is 10.8 Å². The van der Waals surface area contributed by atoms with Crippen LogP contribution in [0.4, 0.5) is 0 Å². The van der Waals surface area contributed by atoms with Crippen LogP contribution in [0.5, 0.6) is 0 Å². The molecular weight excluding hydrogens is 310 g/mol. The van der Waals surface area contributed by atoms with Gasteiger partial charge >= 0.3 is 0 Å². The second kappa shape index (κ2) is 5.32. The third-order valence-electron chi connectivity index (χ3n) is 3.38. The first-order chi connectivity index (χ1) is 10.00. The predicted molar refractivity (Wildman–Crippen MR) is 79.1 cm³/mol. The standard InChI is InChI=1S/C14H13NO4S2/c16-14(17)13-15(7-8-20-13)21(18,19)12-6-5-10-3-1-2-4-11(10)9-12/h1-6,9,13H,7-8H2,(H,16,17)/p-1. The van der Waals surface area contributed by atoms with Crippen molar-refractivity contribution in [1.82, 2.24) is 4.31 Å². The van der Waals surface area contributed by atoms with Gasteiger partial charge in [-0.15, -0.1) is 11.8 Å². The van der Waals surface area contributed by atoms with Crippen LogP contribution in [0.1, 0.15) is 0 Å². The number of benzene rings is 2. The molecule has 0 spiro atoms. The summed E-state index contributed by atoms with van der Waals surface area (Å²) in [4.78, 5) is 11.2. The highest BCUT2D eigenvalue weighted by molar-refractivity contribution is 8.02. The maximum Gasteiger partial charge on any atom is 0.244 e. The zero-order valence-corrected chi connectivity index (χ0v) is 12.6. The number of carboxylic acid groups (broad SMARTS) is 1. The Balaban J connectivity index is 2.05. The summed E-state index contributed by atoms with van der Waals surface area (Å²) in [6.45, 7) is 0.179. The Morgan fingerprint density at radius 2 is 1.90 bits per heavy atom. The number of carbonyl (C=O) groups is 1. The maximum atomic E-state index is 12.6. The first-order valence-electron chi connectivity index (χ1n) is 6.33. The number of carbonyl (C=O) groups excluding carboxylic acids is 1. The molecule has 0 amide bonds. The monoisotopic (exact) mass is 322 g/mol. The number of thioether (sulfide) groups is 1. The van der Waals surface area contributed by atoms with Gasteiger partial charge in [0.05, 0.1) is 10.9 Å². The molecule has 1 aliphatic heterocycles. The zero-order chi connectivity index (χ0) is 15.0. The molecule has 2 aromatic carbocycles. The summed E-state index contributed by atoms with van der Waals surface area (Å²) < 4.78 is 26.2. The maximum absolute atomic E-state index is 12.6. The Morgan fingerprint density at radius 1 is 1.19 bits per heavy atom. The number of nitrogens with zero attached hydrogens (tertiary/aromatic N) is 1. The van der Waals surface area contributed by atoms with Gasteiger partial charge in [0.1, 0.15) is 5.37 Å². The fourth-order valence-electron chi connectivity index (χ4n) is 2.35. The van der Waals surface area contributed by atoms with Crippen molar-refractivity contribution in [1.29, 1.82) is 0 Å². The SMILES string of the molecule is O=C([O-])C1SCCN1S(=O)(=O)c1ccc2ccccc2c1. The van der Waals surface area contributed by atoms with E-state index >= 15 is 0 Å². The van der Waals surface area contributed by atoms with E-state index in [1.807, 2.05) is 24.3 Å². The van der Waals surface area contributed by atoms with E-state index in [4.69, 9.17) is 0 Å². The Bertz CT molecular complexity index is 803. The van der Waals surface area contributed by atoms with Crippen molar-refractivity contribution in [3.8, 4) is 0 Å². The molecule has 110 valence electrons. The third-order valence-corrected chi connectivity index (χ3v) is 6.55. The van der Waals surface area contributed by atoms with Crippen molar-refractivity contribution < 1.29 is 18.3 Å². The van der Waals surface area contributed by atoms with Gasteiger partial charge in [-0.1, -0.05) is 30.3 Å². The molecular formula is C14H12NO4S2-. The molecule has 21 heavy (non-hydrogen) atoms. The zero-order valence-electron chi connectivity index (χ0n) is 10.9. The highest BCUT2D eigenvalue weighted by atomic mass is 32.2. The van der Waals surface area contributed by atoms with E-state index in [1.165, 1.54) is 6.07 Å². The van der Waals surface area contributed by atoms with Gasteiger partial charge in [0.15, 0.2) is 0 Å². The fraction of sp³-hybridized carbons (Fsp3) is 0.214.